The smallest absolute Gasteiger partial charge is 0.234 e. The summed E-state index contributed by atoms with van der Waals surface area (Å²) in [5.74, 6) is 2.26. The van der Waals surface area contributed by atoms with Gasteiger partial charge in [0.2, 0.25) is 5.91 Å². The van der Waals surface area contributed by atoms with Gasteiger partial charge in [-0.05, 0) is 55.0 Å². The summed E-state index contributed by atoms with van der Waals surface area (Å²) in [5.41, 5.74) is 2.64. The third-order valence-electron chi connectivity index (χ3n) is 4.73. The van der Waals surface area contributed by atoms with Crippen molar-refractivity contribution in [1.82, 2.24) is 14.8 Å². The van der Waals surface area contributed by atoms with E-state index in [0.717, 1.165) is 32.8 Å². The Hall–Kier alpha value is -3.04. The molecule has 0 saturated heterocycles. The number of methoxy groups -OCH3 is 1. The van der Waals surface area contributed by atoms with Gasteiger partial charge >= 0.3 is 0 Å². The number of furan rings is 1. The number of amides is 1. The summed E-state index contributed by atoms with van der Waals surface area (Å²) < 4.78 is 13.8. The molecular weight excluding hydrogens is 492 g/mol. The lowest BCUT2D eigenvalue weighted by atomic mass is 10.2. The van der Waals surface area contributed by atoms with Crippen LogP contribution in [0.3, 0.4) is 0 Å². The van der Waals surface area contributed by atoms with E-state index in [1.54, 1.807) is 13.4 Å². The lowest BCUT2D eigenvalue weighted by Gasteiger charge is -2.11. The molecule has 0 bridgehead atoms. The lowest BCUT2D eigenvalue weighted by molar-refractivity contribution is -0.113. The molecule has 164 valence electrons. The zero-order chi connectivity index (χ0) is 22.5. The first-order valence-corrected chi connectivity index (χ1v) is 11.6. The molecule has 7 nitrogen and oxygen atoms in total. The fourth-order valence-electron chi connectivity index (χ4n) is 3.16. The van der Waals surface area contributed by atoms with Gasteiger partial charge in [0.15, 0.2) is 11.0 Å². The number of nitrogens with one attached hydrogen (secondary N) is 1. The van der Waals surface area contributed by atoms with Crippen LogP contribution in [0.15, 0.2) is 74.9 Å². The minimum Gasteiger partial charge on any atom is -0.497 e. The van der Waals surface area contributed by atoms with Gasteiger partial charge in [-0.25, -0.2) is 0 Å². The summed E-state index contributed by atoms with van der Waals surface area (Å²) in [6, 6.07) is 17.1. The van der Waals surface area contributed by atoms with Gasteiger partial charge in [0, 0.05) is 15.7 Å². The first-order valence-electron chi connectivity index (χ1n) is 9.82. The summed E-state index contributed by atoms with van der Waals surface area (Å²) in [6.07, 6.45) is 1.63. The van der Waals surface area contributed by atoms with Crippen molar-refractivity contribution < 1.29 is 13.9 Å². The Morgan fingerprint density at radius 1 is 1.19 bits per heavy atom. The van der Waals surface area contributed by atoms with Gasteiger partial charge in [-0.1, -0.05) is 39.8 Å². The van der Waals surface area contributed by atoms with Crippen LogP contribution in [0.4, 0.5) is 5.69 Å². The molecule has 2 aromatic heterocycles. The maximum absolute atomic E-state index is 12.6. The van der Waals surface area contributed by atoms with E-state index in [0.29, 0.717) is 17.5 Å². The maximum atomic E-state index is 12.6. The van der Waals surface area contributed by atoms with Gasteiger partial charge in [0.25, 0.3) is 0 Å². The van der Waals surface area contributed by atoms with E-state index in [2.05, 4.69) is 31.4 Å². The number of hydrogen-bond acceptors (Lipinski definition) is 6. The monoisotopic (exact) mass is 512 g/mol. The predicted molar refractivity (Wildman–Crippen MR) is 128 cm³/mol. The normalized spacial score (nSPS) is 10.8. The van der Waals surface area contributed by atoms with Crippen LogP contribution in [0.2, 0.25) is 0 Å². The molecule has 0 aliphatic rings. The fourth-order valence-corrected chi connectivity index (χ4v) is 4.37. The first-order chi connectivity index (χ1) is 15.5. The number of hydrogen-bond donors (Lipinski definition) is 1. The summed E-state index contributed by atoms with van der Waals surface area (Å²) in [7, 11) is 1.62. The summed E-state index contributed by atoms with van der Waals surface area (Å²) in [5, 5.41) is 12.3. The molecule has 9 heteroatoms. The Kier molecular flexibility index (Phi) is 6.96. The average molecular weight is 513 g/mol. The number of anilines is 1. The molecule has 1 amide bonds. The number of nitrogens with zero attached hydrogens (tertiary/aromatic N) is 3. The number of aromatic nitrogens is 3. The second-order valence-electron chi connectivity index (χ2n) is 7.00. The van der Waals surface area contributed by atoms with Crippen molar-refractivity contribution in [3.63, 3.8) is 0 Å². The molecule has 0 radical (unpaired) electrons. The van der Waals surface area contributed by atoms with Crippen LogP contribution in [0, 0.1) is 6.92 Å². The van der Waals surface area contributed by atoms with Crippen molar-refractivity contribution >= 4 is 39.3 Å². The van der Waals surface area contributed by atoms with Crippen molar-refractivity contribution in [2.75, 3.05) is 18.2 Å². The molecular formula is C23H21BrN4O3S. The van der Waals surface area contributed by atoms with Crippen molar-refractivity contribution in [2.24, 2.45) is 0 Å². The van der Waals surface area contributed by atoms with Gasteiger partial charge in [0.1, 0.15) is 11.5 Å². The molecule has 0 aliphatic carbocycles. The highest BCUT2D eigenvalue weighted by atomic mass is 79.9. The topological polar surface area (TPSA) is 82.2 Å². The van der Waals surface area contributed by atoms with E-state index in [-0.39, 0.29) is 11.7 Å². The molecule has 0 atom stereocenters. The van der Waals surface area contributed by atoms with Crippen LogP contribution >= 0.6 is 27.7 Å². The maximum Gasteiger partial charge on any atom is 0.234 e. The number of halogens is 1. The van der Waals surface area contributed by atoms with E-state index < -0.39 is 0 Å². The second kappa shape index (κ2) is 10.1. The van der Waals surface area contributed by atoms with E-state index >= 15 is 0 Å². The third kappa shape index (κ3) is 5.23. The largest absolute Gasteiger partial charge is 0.497 e. The molecule has 4 aromatic rings. The predicted octanol–water partition coefficient (Wildman–Crippen LogP) is 5.40. The molecule has 0 spiro atoms. The van der Waals surface area contributed by atoms with Gasteiger partial charge in [-0.3, -0.25) is 9.36 Å². The molecule has 4 rings (SSSR count). The molecule has 32 heavy (non-hydrogen) atoms. The standard InChI is InChI=1S/C23H21BrN4O3S/c1-15-11-17(24)8-9-20(15)25-21(29)14-32-23-27-26-22(16-5-3-6-18(12-16)30-2)28(23)13-19-7-4-10-31-19/h3-12H,13-14H2,1-2H3,(H,25,29). The van der Waals surface area contributed by atoms with Crippen LogP contribution in [0.5, 0.6) is 5.75 Å². The number of carbonyl (C=O) groups excluding carboxylic acids is 1. The average Bonchev–Trinajstić information content (AvgIpc) is 3.45. The van der Waals surface area contributed by atoms with E-state index in [1.165, 1.54) is 11.8 Å². The molecule has 0 aliphatic heterocycles. The van der Waals surface area contributed by atoms with Crippen LogP contribution in [0.1, 0.15) is 11.3 Å². The highest BCUT2D eigenvalue weighted by Crippen LogP contribution is 2.28. The molecule has 2 heterocycles. The SMILES string of the molecule is COc1cccc(-c2nnc(SCC(=O)Nc3ccc(Br)cc3C)n2Cc2ccco2)c1. The summed E-state index contributed by atoms with van der Waals surface area (Å²) >= 11 is 4.76. The Morgan fingerprint density at radius 3 is 2.81 bits per heavy atom. The molecule has 1 N–H and O–H groups in total. The third-order valence-corrected chi connectivity index (χ3v) is 6.19. The Bertz CT molecular complexity index is 1220. The highest BCUT2D eigenvalue weighted by Gasteiger charge is 2.18. The van der Waals surface area contributed by atoms with Gasteiger partial charge in [0.05, 0.1) is 25.7 Å². The van der Waals surface area contributed by atoms with Gasteiger partial charge in [-0.15, -0.1) is 10.2 Å². The number of aryl methyl sites for hydroxylation is 1. The van der Waals surface area contributed by atoms with E-state index in [9.17, 15) is 4.79 Å². The van der Waals surface area contributed by atoms with Gasteiger partial charge < -0.3 is 14.5 Å². The lowest BCUT2D eigenvalue weighted by Crippen LogP contribution is -2.15. The highest BCUT2D eigenvalue weighted by molar-refractivity contribution is 9.10. The number of thioether (sulfide) groups is 1. The van der Waals surface area contributed by atoms with Crippen molar-refractivity contribution in [2.45, 2.75) is 18.6 Å². The first kappa shape index (κ1) is 22.2. The minimum absolute atomic E-state index is 0.115. The molecule has 2 aromatic carbocycles. The fraction of sp³-hybridized carbons (Fsp3) is 0.174. The van der Waals surface area contributed by atoms with Gasteiger partial charge in [-0.2, -0.15) is 0 Å². The molecule has 0 unspecified atom stereocenters. The second-order valence-corrected chi connectivity index (χ2v) is 8.86. The zero-order valence-corrected chi connectivity index (χ0v) is 19.9. The summed E-state index contributed by atoms with van der Waals surface area (Å²) in [6.45, 7) is 2.40. The number of ether oxygens (including phenoxy) is 1. The number of carbonyl (C=O) groups is 1. The number of benzene rings is 2. The van der Waals surface area contributed by atoms with Crippen LogP contribution in [-0.2, 0) is 11.3 Å². The molecule has 0 fully saturated rings. The Labute approximate surface area is 198 Å². The van der Waals surface area contributed by atoms with Crippen LogP contribution in [-0.4, -0.2) is 33.5 Å². The zero-order valence-electron chi connectivity index (χ0n) is 17.5. The van der Waals surface area contributed by atoms with Crippen molar-refractivity contribution in [3.8, 4) is 17.1 Å². The summed E-state index contributed by atoms with van der Waals surface area (Å²) in [4.78, 5) is 12.6. The number of rotatable bonds is 8. The Morgan fingerprint density at radius 2 is 2.06 bits per heavy atom. The minimum atomic E-state index is -0.115. The van der Waals surface area contributed by atoms with E-state index in [1.807, 2.05) is 66.1 Å². The molecule has 0 saturated carbocycles. The Balaban J connectivity index is 1.55. The quantitative estimate of drug-likeness (QED) is 0.318. The van der Waals surface area contributed by atoms with Crippen LogP contribution < -0.4 is 10.1 Å². The van der Waals surface area contributed by atoms with E-state index in [4.69, 9.17) is 9.15 Å². The van der Waals surface area contributed by atoms with Crippen molar-refractivity contribution in [3.05, 3.63) is 76.7 Å². The van der Waals surface area contributed by atoms with Crippen LogP contribution in [0.25, 0.3) is 11.4 Å². The van der Waals surface area contributed by atoms with Crippen molar-refractivity contribution in [1.29, 1.82) is 0 Å².